The van der Waals surface area contributed by atoms with E-state index in [1.807, 2.05) is 0 Å². The molecule has 18 heavy (non-hydrogen) atoms. The number of fused-ring (bicyclic) bond motifs is 1. The molecule has 3 heteroatoms. The summed E-state index contributed by atoms with van der Waals surface area (Å²) in [6.45, 7) is 2.11. The van der Waals surface area contributed by atoms with Gasteiger partial charge < -0.3 is 15.0 Å². The smallest absolute Gasteiger partial charge is 0.123 e. The van der Waals surface area contributed by atoms with E-state index in [0.717, 1.165) is 18.6 Å². The van der Waals surface area contributed by atoms with Gasteiger partial charge in [-0.1, -0.05) is 0 Å². The highest BCUT2D eigenvalue weighted by Gasteiger charge is 2.50. The van der Waals surface area contributed by atoms with Crippen molar-refractivity contribution in [1.82, 2.24) is 4.57 Å². The number of rotatable bonds is 3. The van der Waals surface area contributed by atoms with E-state index < -0.39 is 0 Å². The Hall–Kier alpha value is -1.48. The quantitative estimate of drug-likeness (QED) is 0.901. The van der Waals surface area contributed by atoms with Crippen LogP contribution in [0, 0.1) is 0 Å². The molecule has 0 saturated heterocycles. The minimum atomic E-state index is 0.117. The molecule has 1 fully saturated rings. The Morgan fingerprint density at radius 1 is 1.33 bits per heavy atom. The van der Waals surface area contributed by atoms with Crippen molar-refractivity contribution in [3.05, 3.63) is 30.0 Å². The average Bonchev–Trinajstić information content (AvgIpc) is 3.08. The summed E-state index contributed by atoms with van der Waals surface area (Å²) >= 11 is 0. The number of aryl methyl sites for hydroxylation is 1. The molecule has 0 spiro atoms. The predicted octanol–water partition coefficient (Wildman–Crippen LogP) is 2.57. The van der Waals surface area contributed by atoms with Gasteiger partial charge in [0.2, 0.25) is 0 Å². The maximum absolute atomic E-state index is 6.22. The zero-order valence-electron chi connectivity index (χ0n) is 11.2. The fourth-order valence-electron chi connectivity index (χ4n) is 3.08. The number of ether oxygens (including phenoxy) is 1. The van der Waals surface area contributed by atoms with Crippen molar-refractivity contribution in [3.8, 4) is 5.75 Å². The Balaban J connectivity index is 2.31. The number of methoxy groups -OCH3 is 1. The third-order valence-electron chi connectivity index (χ3n) is 4.41. The topological polar surface area (TPSA) is 40.2 Å². The van der Waals surface area contributed by atoms with Crippen LogP contribution >= 0.6 is 0 Å². The van der Waals surface area contributed by atoms with Gasteiger partial charge in [-0.2, -0.15) is 0 Å². The van der Waals surface area contributed by atoms with Crippen LogP contribution in [0.1, 0.15) is 25.3 Å². The standard InChI is InChI=1S/C15H20N2O/c1-10(16)15(7-8-15)14-11-6-9-17(2)12(11)4-5-13(14)18-3/h4-6,9-10H,7-8,16H2,1-3H3. The van der Waals surface area contributed by atoms with E-state index >= 15 is 0 Å². The maximum atomic E-state index is 6.22. The van der Waals surface area contributed by atoms with Crippen LogP contribution in [0.4, 0.5) is 0 Å². The molecule has 1 atom stereocenters. The van der Waals surface area contributed by atoms with Gasteiger partial charge in [0.15, 0.2) is 0 Å². The van der Waals surface area contributed by atoms with Gasteiger partial charge in [0.1, 0.15) is 5.75 Å². The van der Waals surface area contributed by atoms with Gasteiger partial charge in [-0.3, -0.25) is 0 Å². The number of nitrogens with zero attached hydrogens (tertiary/aromatic N) is 1. The van der Waals surface area contributed by atoms with Gasteiger partial charge in [-0.15, -0.1) is 0 Å². The van der Waals surface area contributed by atoms with Crippen molar-refractivity contribution in [1.29, 1.82) is 0 Å². The Kier molecular flexibility index (Phi) is 2.42. The highest BCUT2D eigenvalue weighted by Crippen LogP contribution is 2.55. The molecular weight excluding hydrogens is 224 g/mol. The number of hydrogen-bond acceptors (Lipinski definition) is 2. The summed E-state index contributed by atoms with van der Waals surface area (Å²) in [5.41, 5.74) is 8.89. The lowest BCUT2D eigenvalue weighted by atomic mass is 9.86. The molecule has 1 unspecified atom stereocenters. The second kappa shape index (κ2) is 3.75. The van der Waals surface area contributed by atoms with Gasteiger partial charge in [0, 0.05) is 41.2 Å². The first kappa shape index (κ1) is 11.6. The number of benzene rings is 1. The molecule has 1 saturated carbocycles. The first-order valence-corrected chi connectivity index (χ1v) is 6.48. The van der Waals surface area contributed by atoms with E-state index in [2.05, 4.69) is 42.9 Å². The summed E-state index contributed by atoms with van der Waals surface area (Å²) in [4.78, 5) is 0. The summed E-state index contributed by atoms with van der Waals surface area (Å²) in [5, 5.41) is 1.28. The van der Waals surface area contributed by atoms with Gasteiger partial charge in [-0.05, 0) is 38.0 Å². The predicted molar refractivity (Wildman–Crippen MR) is 74.0 cm³/mol. The van der Waals surface area contributed by atoms with Crippen molar-refractivity contribution in [2.75, 3.05) is 7.11 Å². The number of hydrogen-bond donors (Lipinski definition) is 1. The van der Waals surface area contributed by atoms with Crippen LogP contribution in [0.5, 0.6) is 5.75 Å². The molecule has 0 radical (unpaired) electrons. The monoisotopic (exact) mass is 244 g/mol. The van der Waals surface area contributed by atoms with Crippen molar-refractivity contribution in [3.63, 3.8) is 0 Å². The first-order valence-electron chi connectivity index (χ1n) is 6.48. The molecule has 96 valence electrons. The molecule has 0 bridgehead atoms. The van der Waals surface area contributed by atoms with Crippen LogP contribution in [0.25, 0.3) is 10.9 Å². The van der Waals surface area contributed by atoms with E-state index in [4.69, 9.17) is 10.5 Å². The van der Waals surface area contributed by atoms with Crippen LogP contribution < -0.4 is 10.5 Å². The van der Waals surface area contributed by atoms with Gasteiger partial charge in [-0.25, -0.2) is 0 Å². The summed E-state index contributed by atoms with van der Waals surface area (Å²) in [6, 6.07) is 6.53. The molecule has 3 nitrogen and oxygen atoms in total. The van der Waals surface area contributed by atoms with Crippen LogP contribution in [-0.2, 0) is 12.5 Å². The van der Waals surface area contributed by atoms with E-state index in [0.29, 0.717) is 0 Å². The molecule has 2 N–H and O–H groups in total. The van der Waals surface area contributed by atoms with Gasteiger partial charge in [0.25, 0.3) is 0 Å². The third-order valence-corrected chi connectivity index (χ3v) is 4.41. The van der Waals surface area contributed by atoms with E-state index in [1.165, 1.54) is 16.5 Å². The third kappa shape index (κ3) is 1.40. The van der Waals surface area contributed by atoms with Crippen LogP contribution in [0.2, 0.25) is 0 Å². The lowest BCUT2D eigenvalue weighted by Gasteiger charge is -2.23. The molecule has 0 aliphatic heterocycles. The molecule has 1 aliphatic rings. The molecule has 2 aromatic rings. The molecule has 1 aliphatic carbocycles. The molecule has 1 aromatic carbocycles. The summed E-state index contributed by atoms with van der Waals surface area (Å²) < 4.78 is 7.72. The molecule has 1 heterocycles. The molecular formula is C15H20N2O. The second-order valence-corrected chi connectivity index (χ2v) is 5.45. The van der Waals surface area contributed by atoms with Crippen LogP contribution in [-0.4, -0.2) is 17.7 Å². The number of nitrogens with two attached hydrogens (primary N) is 1. The van der Waals surface area contributed by atoms with Crippen LogP contribution in [0.3, 0.4) is 0 Å². The normalized spacial score (nSPS) is 18.9. The lowest BCUT2D eigenvalue weighted by molar-refractivity contribution is 0.400. The fraction of sp³-hybridized carbons (Fsp3) is 0.467. The summed E-state index contributed by atoms with van der Waals surface area (Å²) in [6.07, 6.45) is 4.43. The van der Waals surface area contributed by atoms with E-state index in [1.54, 1.807) is 7.11 Å². The highest BCUT2D eigenvalue weighted by molar-refractivity contribution is 5.88. The Bertz CT molecular complexity index is 594. The minimum absolute atomic E-state index is 0.117. The van der Waals surface area contributed by atoms with Crippen molar-refractivity contribution in [2.45, 2.75) is 31.2 Å². The van der Waals surface area contributed by atoms with Crippen molar-refractivity contribution < 1.29 is 4.74 Å². The van der Waals surface area contributed by atoms with Gasteiger partial charge >= 0.3 is 0 Å². The zero-order valence-corrected chi connectivity index (χ0v) is 11.2. The largest absolute Gasteiger partial charge is 0.496 e. The fourth-order valence-corrected chi connectivity index (χ4v) is 3.08. The molecule has 0 amide bonds. The van der Waals surface area contributed by atoms with Crippen LogP contribution in [0.15, 0.2) is 24.4 Å². The van der Waals surface area contributed by atoms with Gasteiger partial charge in [0.05, 0.1) is 7.11 Å². The first-order chi connectivity index (χ1) is 8.60. The SMILES string of the molecule is COc1ccc2c(ccn2C)c1C1(C(C)N)CC1. The van der Waals surface area contributed by atoms with Crippen molar-refractivity contribution in [2.24, 2.45) is 12.8 Å². The van der Waals surface area contributed by atoms with Crippen molar-refractivity contribution >= 4 is 10.9 Å². The van der Waals surface area contributed by atoms with E-state index in [-0.39, 0.29) is 11.5 Å². The average molecular weight is 244 g/mol. The zero-order chi connectivity index (χ0) is 12.9. The van der Waals surface area contributed by atoms with E-state index in [9.17, 15) is 0 Å². The summed E-state index contributed by atoms with van der Waals surface area (Å²) in [5.74, 6) is 0.975. The molecule has 1 aromatic heterocycles. The summed E-state index contributed by atoms with van der Waals surface area (Å²) in [7, 11) is 3.81. The second-order valence-electron chi connectivity index (χ2n) is 5.45. The maximum Gasteiger partial charge on any atom is 0.123 e. The molecule has 3 rings (SSSR count). The Labute approximate surface area is 108 Å². The highest BCUT2D eigenvalue weighted by atomic mass is 16.5. The number of aromatic nitrogens is 1. The Morgan fingerprint density at radius 2 is 2.06 bits per heavy atom. The minimum Gasteiger partial charge on any atom is -0.496 e. The Morgan fingerprint density at radius 3 is 2.61 bits per heavy atom. The lowest BCUT2D eigenvalue weighted by Crippen LogP contribution is -2.32.